The van der Waals surface area contributed by atoms with Crippen LogP contribution in [0.15, 0.2) is 12.1 Å². The molecule has 0 aliphatic heterocycles. The molecule has 5 heteroatoms. The zero-order valence-electron chi connectivity index (χ0n) is 8.73. The fraction of sp³-hybridized carbons (Fsp3) is 0.364. The van der Waals surface area contributed by atoms with Crippen molar-refractivity contribution >= 4 is 40.6 Å². The van der Waals surface area contributed by atoms with Crippen LogP contribution >= 0.6 is 34.8 Å². The molecule has 0 aliphatic carbocycles. The fourth-order valence-corrected chi connectivity index (χ4v) is 1.61. The molecule has 0 saturated heterocycles. The van der Waals surface area contributed by atoms with E-state index in [9.17, 15) is 4.79 Å². The lowest BCUT2D eigenvalue weighted by molar-refractivity contribution is 0.101. The highest BCUT2D eigenvalue weighted by molar-refractivity contribution is 6.42. The number of rotatable bonds is 5. The van der Waals surface area contributed by atoms with Crippen LogP contribution < -0.4 is 4.74 Å². The lowest BCUT2D eigenvalue weighted by atomic mass is 10.1. The van der Waals surface area contributed by atoms with Gasteiger partial charge in [0.25, 0.3) is 0 Å². The number of Topliss-reactive ketones (excluding diaryl/α,β-unsaturated/α-hetero) is 1. The van der Waals surface area contributed by atoms with Crippen molar-refractivity contribution in [1.29, 1.82) is 0 Å². The molecule has 0 amide bonds. The van der Waals surface area contributed by atoms with E-state index < -0.39 is 0 Å². The third-order valence-electron chi connectivity index (χ3n) is 1.91. The second-order valence-electron chi connectivity index (χ2n) is 3.17. The number of benzene rings is 1. The Morgan fingerprint density at radius 1 is 1.31 bits per heavy atom. The van der Waals surface area contributed by atoms with Crippen molar-refractivity contribution in [3.8, 4) is 5.75 Å². The monoisotopic (exact) mass is 280 g/mol. The minimum Gasteiger partial charge on any atom is -0.493 e. The third-order valence-corrected chi connectivity index (χ3v) is 2.87. The summed E-state index contributed by atoms with van der Waals surface area (Å²) in [4.78, 5) is 11.5. The van der Waals surface area contributed by atoms with E-state index in [-0.39, 0.29) is 11.7 Å². The molecular formula is C11H11Cl3O2. The number of carbonyl (C=O) groups is 1. The van der Waals surface area contributed by atoms with Gasteiger partial charge in [0.2, 0.25) is 0 Å². The molecule has 0 bridgehead atoms. The normalized spacial score (nSPS) is 10.2. The van der Waals surface area contributed by atoms with Gasteiger partial charge in [0.1, 0.15) is 5.75 Å². The summed E-state index contributed by atoms with van der Waals surface area (Å²) in [5.74, 6) is 0.0914. The van der Waals surface area contributed by atoms with Crippen LogP contribution in [-0.2, 0) is 0 Å². The molecule has 0 N–H and O–H groups in total. The van der Waals surface area contributed by atoms with Gasteiger partial charge in [0, 0.05) is 6.07 Å². The van der Waals surface area contributed by atoms with Crippen LogP contribution in [0.4, 0.5) is 0 Å². The van der Waals surface area contributed by atoms with E-state index in [0.717, 1.165) is 6.42 Å². The highest BCUT2D eigenvalue weighted by atomic mass is 35.5. The summed E-state index contributed by atoms with van der Waals surface area (Å²) in [6.45, 7) is 2.49. The Kier molecular flexibility index (Phi) is 5.39. The van der Waals surface area contributed by atoms with Crippen LogP contribution in [0.2, 0.25) is 10.0 Å². The molecule has 0 fully saturated rings. The molecular weight excluding hydrogens is 270 g/mol. The number of halogens is 3. The van der Waals surface area contributed by atoms with Gasteiger partial charge in [-0.15, -0.1) is 11.6 Å². The zero-order valence-corrected chi connectivity index (χ0v) is 11.0. The molecule has 1 rings (SSSR count). The molecule has 2 nitrogen and oxygen atoms in total. The Hall–Kier alpha value is -0.440. The smallest absolute Gasteiger partial charge is 0.181 e. The summed E-state index contributed by atoms with van der Waals surface area (Å²) in [7, 11) is 0. The van der Waals surface area contributed by atoms with Gasteiger partial charge in [-0.1, -0.05) is 30.1 Å². The van der Waals surface area contributed by atoms with Gasteiger partial charge in [-0.25, -0.2) is 0 Å². The minimum absolute atomic E-state index is 0.111. The number of ketones is 1. The van der Waals surface area contributed by atoms with Gasteiger partial charge in [0.05, 0.1) is 28.1 Å². The number of hydrogen-bond donors (Lipinski definition) is 0. The molecule has 0 spiro atoms. The average molecular weight is 282 g/mol. The van der Waals surface area contributed by atoms with Gasteiger partial charge >= 0.3 is 0 Å². The molecule has 0 radical (unpaired) electrons. The molecule has 1 aromatic carbocycles. The van der Waals surface area contributed by atoms with Crippen molar-refractivity contribution in [2.75, 3.05) is 12.5 Å². The van der Waals surface area contributed by atoms with E-state index in [2.05, 4.69) is 0 Å². The number of hydrogen-bond acceptors (Lipinski definition) is 2. The summed E-state index contributed by atoms with van der Waals surface area (Å²) in [6.07, 6.45) is 0.842. The lowest BCUT2D eigenvalue weighted by Crippen LogP contribution is -2.06. The van der Waals surface area contributed by atoms with Crippen molar-refractivity contribution in [2.24, 2.45) is 0 Å². The topological polar surface area (TPSA) is 26.3 Å². The molecule has 16 heavy (non-hydrogen) atoms. The summed E-state index contributed by atoms with van der Waals surface area (Å²) in [6, 6.07) is 3.03. The van der Waals surface area contributed by atoms with E-state index in [4.69, 9.17) is 39.5 Å². The summed E-state index contributed by atoms with van der Waals surface area (Å²) in [5, 5.41) is 0.679. The molecule has 0 aliphatic rings. The maximum Gasteiger partial charge on any atom is 0.181 e. The van der Waals surface area contributed by atoms with E-state index in [1.165, 1.54) is 6.07 Å². The summed E-state index contributed by atoms with van der Waals surface area (Å²) >= 11 is 17.2. The highest BCUT2D eigenvalue weighted by Crippen LogP contribution is 2.31. The fourth-order valence-electron chi connectivity index (χ4n) is 1.15. The molecule has 0 aromatic heterocycles. The van der Waals surface area contributed by atoms with Crippen LogP contribution in [0.1, 0.15) is 23.7 Å². The predicted octanol–water partition coefficient (Wildman–Crippen LogP) is 4.20. The first-order chi connectivity index (χ1) is 7.60. The van der Waals surface area contributed by atoms with Gasteiger partial charge in [-0.2, -0.15) is 0 Å². The van der Waals surface area contributed by atoms with E-state index >= 15 is 0 Å². The van der Waals surface area contributed by atoms with E-state index in [0.29, 0.717) is 28.0 Å². The Bertz CT molecular complexity index is 391. The SMILES string of the molecule is CCCOc1cc(Cl)c(Cl)cc1C(=O)CCl. The zero-order chi connectivity index (χ0) is 12.1. The average Bonchev–Trinajstić information content (AvgIpc) is 2.29. The number of ether oxygens (including phenoxy) is 1. The lowest BCUT2D eigenvalue weighted by Gasteiger charge is -2.10. The second-order valence-corrected chi connectivity index (χ2v) is 4.25. The first-order valence-electron chi connectivity index (χ1n) is 4.81. The molecule has 0 heterocycles. The molecule has 0 unspecified atom stereocenters. The maximum atomic E-state index is 11.5. The standard InChI is InChI=1S/C11H11Cl3O2/c1-2-3-16-11-5-9(14)8(13)4-7(11)10(15)6-12/h4-5H,2-3,6H2,1H3. The van der Waals surface area contributed by atoms with Gasteiger partial charge in [-0.05, 0) is 12.5 Å². The van der Waals surface area contributed by atoms with Crippen LogP contribution in [0, 0.1) is 0 Å². The number of alkyl halides is 1. The Morgan fingerprint density at radius 2 is 1.94 bits per heavy atom. The molecule has 1 aromatic rings. The quantitative estimate of drug-likeness (QED) is 0.597. The van der Waals surface area contributed by atoms with Crippen LogP contribution in [-0.4, -0.2) is 18.3 Å². The van der Waals surface area contributed by atoms with Gasteiger partial charge < -0.3 is 4.74 Å². The van der Waals surface area contributed by atoms with E-state index in [1.54, 1.807) is 6.07 Å². The van der Waals surface area contributed by atoms with Crippen molar-refractivity contribution in [3.63, 3.8) is 0 Å². The highest BCUT2D eigenvalue weighted by Gasteiger charge is 2.14. The van der Waals surface area contributed by atoms with Crippen molar-refractivity contribution in [3.05, 3.63) is 27.7 Å². The molecule has 0 saturated carbocycles. The Labute approximate surface area is 109 Å². The van der Waals surface area contributed by atoms with Gasteiger partial charge in [-0.3, -0.25) is 4.79 Å². The number of carbonyl (C=O) groups excluding carboxylic acids is 1. The van der Waals surface area contributed by atoms with Crippen LogP contribution in [0.25, 0.3) is 0 Å². The predicted molar refractivity (Wildman–Crippen MR) is 67.3 cm³/mol. The Morgan fingerprint density at radius 3 is 2.50 bits per heavy atom. The summed E-state index contributed by atoms with van der Waals surface area (Å²) < 4.78 is 5.42. The maximum absolute atomic E-state index is 11.5. The Balaban J connectivity index is 3.11. The first-order valence-corrected chi connectivity index (χ1v) is 6.10. The van der Waals surface area contributed by atoms with Crippen LogP contribution in [0.3, 0.4) is 0 Å². The summed E-state index contributed by atoms with van der Waals surface area (Å²) in [5.41, 5.74) is 0.373. The van der Waals surface area contributed by atoms with Crippen molar-refractivity contribution < 1.29 is 9.53 Å². The molecule has 88 valence electrons. The van der Waals surface area contributed by atoms with Crippen LogP contribution in [0.5, 0.6) is 5.75 Å². The van der Waals surface area contributed by atoms with E-state index in [1.807, 2.05) is 6.92 Å². The van der Waals surface area contributed by atoms with Crippen molar-refractivity contribution in [2.45, 2.75) is 13.3 Å². The first kappa shape index (κ1) is 13.6. The van der Waals surface area contributed by atoms with Crippen molar-refractivity contribution in [1.82, 2.24) is 0 Å². The molecule has 0 atom stereocenters. The van der Waals surface area contributed by atoms with Gasteiger partial charge in [0.15, 0.2) is 5.78 Å². The third kappa shape index (κ3) is 3.27. The minimum atomic E-state index is -0.230. The largest absolute Gasteiger partial charge is 0.493 e. The second kappa shape index (κ2) is 6.33.